The van der Waals surface area contributed by atoms with Crippen LogP contribution in [0.1, 0.15) is 0 Å². The molecule has 0 aliphatic rings. The van der Waals surface area contributed by atoms with E-state index in [9.17, 15) is 0 Å². The highest BCUT2D eigenvalue weighted by Crippen LogP contribution is 2.25. The summed E-state index contributed by atoms with van der Waals surface area (Å²) in [5, 5.41) is 2.08. The minimum atomic E-state index is 0.506. The number of benzene rings is 1. The highest BCUT2D eigenvalue weighted by atomic mass is 79.9. The monoisotopic (exact) mass is 288 g/mol. The molecule has 14 heavy (non-hydrogen) atoms. The van der Waals surface area contributed by atoms with Crippen LogP contribution < -0.4 is 0 Å². The molecule has 0 radical (unpaired) electrons. The van der Waals surface area contributed by atoms with Crippen LogP contribution in [0, 0.1) is 0 Å². The van der Waals surface area contributed by atoms with Crippen molar-refractivity contribution in [2.75, 3.05) is 6.26 Å². The van der Waals surface area contributed by atoms with Gasteiger partial charge in [0.2, 0.25) is 0 Å². The summed E-state index contributed by atoms with van der Waals surface area (Å²) in [7, 11) is 0. The van der Waals surface area contributed by atoms with E-state index in [1.165, 1.54) is 11.8 Å². The van der Waals surface area contributed by atoms with Gasteiger partial charge in [-0.25, -0.2) is 9.97 Å². The molecule has 0 N–H and O–H groups in total. The minimum Gasteiger partial charge on any atom is -0.222 e. The van der Waals surface area contributed by atoms with E-state index in [1.807, 2.05) is 24.5 Å². The zero-order chi connectivity index (χ0) is 10.1. The number of halogens is 2. The fourth-order valence-corrected chi connectivity index (χ4v) is 2.15. The molecule has 0 atom stereocenters. The van der Waals surface area contributed by atoms with E-state index in [1.54, 1.807) is 0 Å². The minimum absolute atomic E-state index is 0.506. The van der Waals surface area contributed by atoms with Crippen molar-refractivity contribution in [3.05, 3.63) is 27.8 Å². The standard InChI is InChI=1S/C9H6BrClN2S/c1-14-9-12-7-4-5(10)2-3-6(7)8(11)13-9/h2-4H,1H3. The molecule has 2 aromatic rings. The Morgan fingerprint density at radius 1 is 1.36 bits per heavy atom. The number of rotatable bonds is 1. The Labute approximate surface area is 99.2 Å². The second-order valence-electron chi connectivity index (χ2n) is 2.66. The molecule has 0 spiro atoms. The third kappa shape index (κ3) is 1.87. The summed E-state index contributed by atoms with van der Waals surface area (Å²) < 4.78 is 0.992. The summed E-state index contributed by atoms with van der Waals surface area (Å²) in [6.07, 6.45) is 1.93. The van der Waals surface area contributed by atoms with Crippen LogP contribution in [-0.2, 0) is 0 Å². The van der Waals surface area contributed by atoms with Gasteiger partial charge in [-0.15, -0.1) is 0 Å². The predicted molar refractivity (Wildman–Crippen MR) is 64.0 cm³/mol. The number of fused-ring (bicyclic) bond motifs is 1. The van der Waals surface area contributed by atoms with Gasteiger partial charge in [0.25, 0.3) is 0 Å². The average molecular weight is 290 g/mol. The third-order valence-corrected chi connectivity index (χ3v) is 3.10. The van der Waals surface area contributed by atoms with Gasteiger partial charge in [-0.05, 0) is 24.5 Å². The van der Waals surface area contributed by atoms with E-state index in [4.69, 9.17) is 11.6 Å². The van der Waals surface area contributed by atoms with Crippen molar-refractivity contribution in [2.45, 2.75) is 5.16 Å². The topological polar surface area (TPSA) is 25.8 Å². The van der Waals surface area contributed by atoms with Gasteiger partial charge in [0, 0.05) is 9.86 Å². The SMILES string of the molecule is CSc1nc(Cl)c2ccc(Br)cc2n1. The first-order valence-corrected chi connectivity index (χ1v) is 6.27. The molecule has 0 unspecified atom stereocenters. The Kier molecular flexibility index (Phi) is 2.95. The zero-order valence-corrected chi connectivity index (χ0v) is 10.4. The Morgan fingerprint density at radius 3 is 2.86 bits per heavy atom. The summed E-state index contributed by atoms with van der Waals surface area (Å²) in [5.74, 6) is 0. The Balaban J connectivity index is 2.77. The molecule has 72 valence electrons. The molecule has 0 saturated heterocycles. The molecule has 0 aliphatic carbocycles. The smallest absolute Gasteiger partial charge is 0.189 e. The number of hydrogen-bond donors (Lipinski definition) is 0. The second kappa shape index (κ2) is 4.04. The van der Waals surface area contributed by atoms with Crippen LogP contribution in [0.5, 0.6) is 0 Å². The number of thioether (sulfide) groups is 1. The van der Waals surface area contributed by atoms with Gasteiger partial charge in [0.1, 0.15) is 5.15 Å². The van der Waals surface area contributed by atoms with Crippen molar-refractivity contribution in [3.8, 4) is 0 Å². The molecule has 1 aromatic carbocycles. The fraction of sp³-hybridized carbons (Fsp3) is 0.111. The predicted octanol–water partition coefficient (Wildman–Crippen LogP) is 3.77. The number of nitrogens with zero attached hydrogens (tertiary/aromatic N) is 2. The van der Waals surface area contributed by atoms with Crippen molar-refractivity contribution in [2.24, 2.45) is 0 Å². The van der Waals surface area contributed by atoms with E-state index in [-0.39, 0.29) is 0 Å². The fourth-order valence-electron chi connectivity index (χ4n) is 1.14. The molecule has 0 aliphatic heterocycles. The van der Waals surface area contributed by atoms with Gasteiger partial charge in [0.05, 0.1) is 5.52 Å². The lowest BCUT2D eigenvalue weighted by atomic mass is 10.2. The van der Waals surface area contributed by atoms with Crippen LogP contribution in [0.15, 0.2) is 27.8 Å². The first-order chi connectivity index (χ1) is 6.70. The lowest BCUT2D eigenvalue weighted by molar-refractivity contribution is 1.01. The molecule has 0 amide bonds. The lowest BCUT2D eigenvalue weighted by Gasteiger charge is -2.02. The van der Waals surface area contributed by atoms with Crippen LogP contribution >= 0.6 is 39.3 Å². The van der Waals surface area contributed by atoms with Crippen molar-refractivity contribution < 1.29 is 0 Å². The number of hydrogen-bond acceptors (Lipinski definition) is 3. The van der Waals surface area contributed by atoms with Crippen molar-refractivity contribution in [3.63, 3.8) is 0 Å². The molecule has 2 rings (SSSR count). The molecule has 0 bridgehead atoms. The van der Waals surface area contributed by atoms with Crippen LogP contribution in [0.3, 0.4) is 0 Å². The molecular formula is C9H6BrClN2S. The highest BCUT2D eigenvalue weighted by Gasteiger charge is 2.05. The summed E-state index contributed by atoms with van der Waals surface area (Å²) in [6.45, 7) is 0. The first-order valence-electron chi connectivity index (χ1n) is 3.87. The summed E-state index contributed by atoms with van der Waals surface area (Å²) in [6, 6.07) is 5.77. The van der Waals surface area contributed by atoms with E-state index in [2.05, 4.69) is 25.9 Å². The van der Waals surface area contributed by atoms with E-state index in [0.717, 1.165) is 15.4 Å². The Hall–Kier alpha value is -0.320. The van der Waals surface area contributed by atoms with Crippen molar-refractivity contribution in [1.29, 1.82) is 0 Å². The molecular weight excluding hydrogens is 284 g/mol. The summed E-state index contributed by atoms with van der Waals surface area (Å²) in [5.41, 5.74) is 0.865. The van der Waals surface area contributed by atoms with Gasteiger partial charge in [0.15, 0.2) is 5.16 Å². The van der Waals surface area contributed by atoms with Crippen LogP contribution in [-0.4, -0.2) is 16.2 Å². The quantitative estimate of drug-likeness (QED) is 0.454. The van der Waals surface area contributed by atoms with Crippen LogP contribution in [0.4, 0.5) is 0 Å². The molecule has 0 saturated carbocycles. The van der Waals surface area contributed by atoms with Crippen molar-refractivity contribution >= 4 is 50.2 Å². The van der Waals surface area contributed by atoms with Crippen LogP contribution in [0.25, 0.3) is 10.9 Å². The third-order valence-electron chi connectivity index (χ3n) is 1.77. The Bertz CT molecular complexity index is 489. The van der Waals surface area contributed by atoms with E-state index in [0.29, 0.717) is 10.3 Å². The van der Waals surface area contributed by atoms with Gasteiger partial charge in [-0.3, -0.25) is 0 Å². The van der Waals surface area contributed by atoms with E-state index >= 15 is 0 Å². The molecule has 1 heterocycles. The van der Waals surface area contributed by atoms with Gasteiger partial charge < -0.3 is 0 Å². The highest BCUT2D eigenvalue weighted by molar-refractivity contribution is 9.10. The maximum absolute atomic E-state index is 6.01. The average Bonchev–Trinajstić information content (AvgIpc) is 2.16. The Morgan fingerprint density at radius 2 is 2.14 bits per heavy atom. The van der Waals surface area contributed by atoms with Crippen LogP contribution in [0.2, 0.25) is 5.15 Å². The molecule has 5 heteroatoms. The maximum atomic E-state index is 6.01. The summed E-state index contributed by atoms with van der Waals surface area (Å²) >= 11 is 10.9. The normalized spacial score (nSPS) is 10.8. The van der Waals surface area contributed by atoms with Gasteiger partial charge in [-0.2, -0.15) is 0 Å². The van der Waals surface area contributed by atoms with Gasteiger partial charge >= 0.3 is 0 Å². The van der Waals surface area contributed by atoms with Gasteiger partial charge in [-0.1, -0.05) is 39.3 Å². The maximum Gasteiger partial charge on any atom is 0.189 e. The molecule has 2 nitrogen and oxygen atoms in total. The van der Waals surface area contributed by atoms with E-state index < -0.39 is 0 Å². The molecule has 1 aromatic heterocycles. The molecule has 0 fully saturated rings. The lowest BCUT2D eigenvalue weighted by Crippen LogP contribution is -1.88. The largest absolute Gasteiger partial charge is 0.222 e. The summed E-state index contributed by atoms with van der Waals surface area (Å²) in [4.78, 5) is 8.50. The first kappa shape index (κ1) is 10.2. The van der Waals surface area contributed by atoms with Crippen molar-refractivity contribution in [1.82, 2.24) is 9.97 Å². The second-order valence-corrected chi connectivity index (χ2v) is 4.71. The zero-order valence-electron chi connectivity index (χ0n) is 7.29. The number of aromatic nitrogens is 2.